The van der Waals surface area contributed by atoms with E-state index < -0.39 is 0 Å². The third-order valence-electron chi connectivity index (χ3n) is 3.40. The van der Waals surface area contributed by atoms with Crippen molar-refractivity contribution < 1.29 is 4.79 Å². The van der Waals surface area contributed by atoms with Gasteiger partial charge in [-0.25, -0.2) is 4.98 Å². The molecule has 0 aliphatic carbocycles. The van der Waals surface area contributed by atoms with Crippen molar-refractivity contribution in [3.05, 3.63) is 18.1 Å². The van der Waals surface area contributed by atoms with Crippen molar-refractivity contribution in [3.63, 3.8) is 0 Å². The summed E-state index contributed by atoms with van der Waals surface area (Å²) in [6, 6.07) is 0. The average molecular weight is 278 g/mol. The Morgan fingerprint density at radius 1 is 1.30 bits per heavy atom. The Bertz CT molecular complexity index is 456. The first kappa shape index (κ1) is 14.7. The van der Waals surface area contributed by atoms with Crippen molar-refractivity contribution in [1.82, 2.24) is 24.7 Å². The van der Waals surface area contributed by atoms with E-state index in [0.29, 0.717) is 5.69 Å². The number of carbonyl (C=O) groups excluding carboxylic acids is 1. The van der Waals surface area contributed by atoms with Gasteiger partial charge in [-0.05, 0) is 14.1 Å². The van der Waals surface area contributed by atoms with Crippen LogP contribution in [0.15, 0.2) is 12.4 Å². The van der Waals surface area contributed by atoms with Crippen molar-refractivity contribution in [2.75, 3.05) is 59.1 Å². The van der Waals surface area contributed by atoms with Gasteiger partial charge in [-0.2, -0.15) is 0 Å². The van der Waals surface area contributed by atoms with Gasteiger partial charge in [0, 0.05) is 39.3 Å². The van der Waals surface area contributed by atoms with Gasteiger partial charge in [0.1, 0.15) is 11.5 Å². The Kier molecular flexibility index (Phi) is 4.86. The number of hydrogen-bond acceptors (Lipinski definition) is 6. The molecule has 0 bridgehead atoms. The summed E-state index contributed by atoms with van der Waals surface area (Å²) in [5, 5.41) is 0. The zero-order valence-corrected chi connectivity index (χ0v) is 12.1. The van der Waals surface area contributed by atoms with Gasteiger partial charge >= 0.3 is 0 Å². The lowest BCUT2D eigenvalue weighted by atomic mass is 10.2. The van der Waals surface area contributed by atoms with E-state index >= 15 is 0 Å². The Morgan fingerprint density at radius 3 is 2.60 bits per heavy atom. The molecule has 1 aromatic rings. The second kappa shape index (κ2) is 6.62. The van der Waals surface area contributed by atoms with Crippen LogP contribution in [0, 0.1) is 0 Å². The summed E-state index contributed by atoms with van der Waals surface area (Å²) < 4.78 is 0. The van der Waals surface area contributed by atoms with Crippen LogP contribution >= 0.6 is 0 Å². The second-order valence-corrected chi connectivity index (χ2v) is 5.27. The second-order valence-electron chi connectivity index (χ2n) is 5.27. The normalized spacial score (nSPS) is 16.6. The number of likely N-dealkylation sites (N-methyl/N-ethyl adjacent to an activating group) is 1. The van der Waals surface area contributed by atoms with Crippen molar-refractivity contribution in [2.45, 2.75) is 0 Å². The van der Waals surface area contributed by atoms with Crippen molar-refractivity contribution >= 4 is 11.7 Å². The molecule has 1 aliphatic rings. The molecule has 2 rings (SSSR count). The van der Waals surface area contributed by atoms with Gasteiger partial charge in [-0.3, -0.25) is 14.7 Å². The molecule has 0 radical (unpaired) electrons. The number of aromatic nitrogens is 2. The van der Waals surface area contributed by atoms with Crippen molar-refractivity contribution in [1.29, 1.82) is 0 Å². The van der Waals surface area contributed by atoms with Crippen LogP contribution < -0.4 is 5.73 Å². The standard InChI is InChI=1S/C13H22N6O/c1-17(2)3-4-18-5-7-19(8-6-18)13(20)11-9-15-10-12(14)16-11/h9-10H,3-8H2,1-2H3,(H2,14,16). The quantitative estimate of drug-likeness (QED) is 0.791. The minimum Gasteiger partial charge on any atom is -0.382 e. The summed E-state index contributed by atoms with van der Waals surface area (Å²) in [5.41, 5.74) is 5.88. The van der Waals surface area contributed by atoms with E-state index in [4.69, 9.17) is 5.73 Å². The fourth-order valence-electron chi connectivity index (χ4n) is 2.16. The van der Waals surface area contributed by atoms with E-state index in [9.17, 15) is 4.79 Å². The third-order valence-corrected chi connectivity index (χ3v) is 3.40. The summed E-state index contributed by atoms with van der Waals surface area (Å²) >= 11 is 0. The van der Waals surface area contributed by atoms with E-state index in [1.807, 2.05) is 4.90 Å². The van der Waals surface area contributed by atoms with Crippen molar-refractivity contribution in [2.24, 2.45) is 0 Å². The number of nitrogens with zero attached hydrogens (tertiary/aromatic N) is 5. The lowest BCUT2D eigenvalue weighted by molar-refractivity contribution is 0.0623. The highest BCUT2D eigenvalue weighted by Gasteiger charge is 2.23. The minimum absolute atomic E-state index is 0.0861. The van der Waals surface area contributed by atoms with E-state index in [-0.39, 0.29) is 11.7 Å². The van der Waals surface area contributed by atoms with Gasteiger partial charge in [0.2, 0.25) is 0 Å². The molecule has 0 spiro atoms. The van der Waals surface area contributed by atoms with Gasteiger partial charge in [-0.1, -0.05) is 0 Å². The number of carbonyl (C=O) groups is 1. The van der Waals surface area contributed by atoms with Crippen LogP contribution in [0.2, 0.25) is 0 Å². The van der Waals surface area contributed by atoms with Gasteiger partial charge in [0.25, 0.3) is 5.91 Å². The summed E-state index contributed by atoms with van der Waals surface area (Å²) in [6.07, 6.45) is 2.91. The predicted molar refractivity (Wildman–Crippen MR) is 77.3 cm³/mol. The van der Waals surface area contributed by atoms with Crippen LogP contribution in [-0.4, -0.2) is 83.9 Å². The van der Waals surface area contributed by atoms with Gasteiger partial charge in [0.05, 0.1) is 12.4 Å². The van der Waals surface area contributed by atoms with E-state index in [1.165, 1.54) is 12.4 Å². The van der Waals surface area contributed by atoms with Crippen LogP contribution in [-0.2, 0) is 0 Å². The first-order valence-corrected chi connectivity index (χ1v) is 6.80. The molecule has 1 amide bonds. The molecule has 1 saturated heterocycles. The summed E-state index contributed by atoms with van der Waals surface area (Å²) in [5.74, 6) is 0.192. The molecule has 20 heavy (non-hydrogen) atoms. The summed E-state index contributed by atoms with van der Waals surface area (Å²) in [6.45, 7) is 5.32. The molecule has 1 aromatic heterocycles. The van der Waals surface area contributed by atoms with Gasteiger partial charge < -0.3 is 15.5 Å². The smallest absolute Gasteiger partial charge is 0.274 e. The fraction of sp³-hybridized carbons (Fsp3) is 0.615. The van der Waals surface area contributed by atoms with Gasteiger partial charge in [-0.15, -0.1) is 0 Å². The Hall–Kier alpha value is -1.73. The van der Waals surface area contributed by atoms with E-state index in [1.54, 1.807) is 0 Å². The van der Waals surface area contributed by atoms with Crippen LogP contribution in [0.3, 0.4) is 0 Å². The number of amides is 1. The number of anilines is 1. The number of hydrogen-bond donors (Lipinski definition) is 1. The van der Waals surface area contributed by atoms with E-state index in [0.717, 1.165) is 39.3 Å². The maximum atomic E-state index is 12.3. The summed E-state index contributed by atoms with van der Waals surface area (Å²) in [4.78, 5) is 26.6. The SMILES string of the molecule is CN(C)CCN1CCN(C(=O)c2cncc(N)n2)CC1. The first-order chi connectivity index (χ1) is 9.56. The molecule has 1 fully saturated rings. The highest BCUT2D eigenvalue weighted by atomic mass is 16.2. The molecular formula is C13H22N6O. The van der Waals surface area contributed by atoms with Crippen LogP contribution in [0.25, 0.3) is 0 Å². The molecule has 1 aliphatic heterocycles. The van der Waals surface area contributed by atoms with Crippen LogP contribution in [0.4, 0.5) is 5.82 Å². The first-order valence-electron chi connectivity index (χ1n) is 6.80. The average Bonchev–Trinajstić information content (AvgIpc) is 2.45. The monoisotopic (exact) mass is 278 g/mol. The maximum absolute atomic E-state index is 12.3. The third kappa shape index (κ3) is 3.88. The largest absolute Gasteiger partial charge is 0.382 e. The molecule has 2 N–H and O–H groups in total. The molecule has 0 atom stereocenters. The zero-order valence-electron chi connectivity index (χ0n) is 12.1. The highest BCUT2D eigenvalue weighted by molar-refractivity contribution is 5.92. The lowest BCUT2D eigenvalue weighted by Gasteiger charge is -2.35. The Balaban J connectivity index is 1.86. The minimum atomic E-state index is -0.0861. The number of piperazine rings is 1. The zero-order chi connectivity index (χ0) is 14.5. The molecule has 7 nitrogen and oxygen atoms in total. The molecule has 0 saturated carbocycles. The maximum Gasteiger partial charge on any atom is 0.274 e. The molecule has 110 valence electrons. The Labute approximate surface area is 119 Å². The topological polar surface area (TPSA) is 78.6 Å². The summed E-state index contributed by atoms with van der Waals surface area (Å²) in [7, 11) is 4.14. The lowest BCUT2D eigenvalue weighted by Crippen LogP contribution is -2.50. The number of nitrogens with two attached hydrogens (primary N) is 1. The van der Waals surface area contributed by atoms with Crippen LogP contribution in [0.1, 0.15) is 10.5 Å². The molecule has 2 heterocycles. The molecule has 0 unspecified atom stereocenters. The number of nitrogen functional groups attached to an aromatic ring is 1. The van der Waals surface area contributed by atoms with Crippen molar-refractivity contribution in [3.8, 4) is 0 Å². The van der Waals surface area contributed by atoms with Gasteiger partial charge in [0.15, 0.2) is 0 Å². The Morgan fingerprint density at radius 2 is 2.00 bits per heavy atom. The van der Waals surface area contributed by atoms with Crippen LogP contribution in [0.5, 0.6) is 0 Å². The van der Waals surface area contributed by atoms with E-state index in [2.05, 4.69) is 33.9 Å². The molecule has 0 aromatic carbocycles. The fourth-order valence-corrected chi connectivity index (χ4v) is 2.16. The number of rotatable bonds is 4. The molecule has 7 heteroatoms. The predicted octanol–water partition coefficient (Wildman–Crippen LogP) is -0.622. The molecular weight excluding hydrogens is 256 g/mol. The highest BCUT2D eigenvalue weighted by Crippen LogP contribution is 2.07.